The standard InChI is InChI=1S/C20H26N2O/c1-4-15(2)17-10-12-19(13-11-17)22-20(23)14-21-16(3)18-8-6-5-7-9-18/h5-13,15-16,21H,4,14H2,1-3H3,(H,22,23)/p+1/t15-,16-/m1/s1. The summed E-state index contributed by atoms with van der Waals surface area (Å²) in [4.78, 5) is 12.1. The topological polar surface area (TPSA) is 45.7 Å². The number of benzene rings is 2. The average molecular weight is 311 g/mol. The predicted molar refractivity (Wildman–Crippen MR) is 95.4 cm³/mol. The van der Waals surface area contributed by atoms with E-state index >= 15 is 0 Å². The summed E-state index contributed by atoms with van der Waals surface area (Å²) in [5.74, 6) is 0.587. The summed E-state index contributed by atoms with van der Waals surface area (Å²) in [7, 11) is 0. The lowest BCUT2D eigenvalue weighted by atomic mass is 9.99. The van der Waals surface area contributed by atoms with E-state index in [4.69, 9.17) is 0 Å². The summed E-state index contributed by atoms with van der Waals surface area (Å²) in [5.41, 5.74) is 3.41. The Labute approximate surface area is 139 Å². The van der Waals surface area contributed by atoms with Gasteiger partial charge >= 0.3 is 0 Å². The van der Waals surface area contributed by atoms with Crippen molar-refractivity contribution in [3.63, 3.8) is 0 Å². The van der Waals surface area contributed by atoms with Crippen LogP contribution in [0.25, 0.3) is 0 Å². The van der Waals surface area contributed by atoms with Gasteiger partial charge < -0.3 is 10.6 Å². The van der Waals surface area contributed by atoms with E-state index < -0.39 is 0 Å². The minimum atomic E-state index is 0.0315. The number of hydrogen-bond acceptors (Lipinski definition) is 1. The zero-order valence-corrected chi connectivity index (χ0v) is 14.3. The van der Waals surface area contributed by atoms with Crippen LogP contribution in [-0.4, -0.2) is 12.5 Å². The molecule has 3 heteroatoms. The van der Waals surface area contributed by atoms with E-state index in [1.54, 1.807) is 0 Å². The second-order valence-electron chi connectivity index (χ2n) is 6.12. The number of carbonyl (C=O) groups is 1. The minimum Gasteiger partial charge on any atom is -0.333 e. The molecule has 1 amide bonds. The van der Waals surface area contributed by atoms with Gasteiger partial charge in [0.05, 0.1) is 0 Å². The van der Waals surface area contributed by atoms with Gasteiger partial charge in [-0.3, -0.25) is 4.79 Å². The van der Waals surface area contributed by atoms with Crippen LogP contribution in [0.1, 0.15) is 50.3 Å². The van der Waals surface area contributed by atoms with Crippen molar-refractivity contribution in [2.24, 2.45) is 0 Å². The lowest BCUT2D eigenvalue weighted by Crippen LogP contribution is -2.86. The van der Waals surface area contributed by atoms with Crippen molar-refractivity contribution < 1.29 is 10.1 Å². The third kappa shape index (κ3) is 5.22. The quantitative estimate of drug-likeness (QED) is 0.808. The minimum absolute atomic E-state index is 0.0315. The van der Waals surface area contributed by atoms with Crippen molar-refractivity contribution in [3.05, 3.63) is 65.7 Å². The molecule has 0 heterocycles. The van der Waals surface area contributed by atoms with Crippen LogP contribution in [0.3, 0.4) is 0 Å². The van der Waals surface area contributed by atoms with Gasteiger partial charge in [-0.15, -0.1) is 0 Å². The maximum atomic E-state index is 12.1. The van der Waals surface area contributed by atoms with Gasteiger partial charge in [-0.2, -0.15) is 0 Å². The second kappa shape index (κ2) is 8.49. The normalized spacial score (nSPS) is 13.3. The molecule has 0 saturated heterocycles. The smallest absolute Gasteiger partial charge is 0.279 e. The molecule has 2 aromatic rings. The highest BCUT2D eigenvalue weighted by atomic mass is 16.1. The molecule has 23 heavy (non-hydrogen) atoms. The fraction of sp³-hybridized carbons (Fsp3) is 0.350. The summed E-state index contributed by atoms with van der Waals surface area (Å²) in [5, 5.41) is 5.02. The van der Waals surface area contributed by atoms with Crippen LogP contribution < -0.4 is 10.6 Å². The number of hydrogen-bond donors (Lipinski definition) is 2. The summed E-state index contributed by atoms with van der Waals surface area (Å²) < 4.78 is 0. The summed E-state index contributed by atoms with van der Waals surface area (Å²) in [6.07, 6.45) is 1.12. The van der Waals surface area contributed by atoms with Gasteiger partial charge in [-0.1, -0.05) is 56.3 Å². The Morgan fingerprint density at radius 1 is 1.00 bits per heavy atom. The summed E-state index contributed by atoms with van der Waals surface area (Å²) in [6, 6.07) is 18.7. The highest BCUT2D eigenvalue weighted by molar-refractivity contribution is 5.91. The molecule has 3 N–H and O–H groups in total. The second-order valence-corrected chi connectivity index (χ2v) is 6.12. The van der Waals surface area contributed by atoms with Crippen molar-refractivity contribution in [3.8, 4) is 0 Å². The largest absolute Gasteiger partial charge is 0.333 e. The molecular weight excluding hydrogens is 284 g/mol. The first-order valence-corrected chi connectivity index (χ1v) is 8.38. The Morgan fingerprint density at radius 2 is 1.65 bits per heavy atom. The SMILES string of the molecule is CC[C@@H](C)c1ccc(NC(=O)C[NH2+][C@H](C)c2ccccc2)cc1. The van der Waals surface area contributed by atoms with E-state index in [0.717, 1.165) is 12.1 Å². The number of carbonyl (C=O) groups excluding carboxylic acids is 1. The number of quaternary nitrogens is 1. The van der Waals surface area contributed by atoms with Gasteiger partial charge in [-0.25, -0.2) is 0 Å². The first-order chi connectivity index (χ1) is 11.1. The molecule has 0 radical (unpaired) electrons. The molecule has 2 atom stereocenters. The van der Waals surface area contributed by atoms with E-state index in [-0.39, 0.29) is 11.9 Å². The Morgan fingerprint density at radius 3 is 2.26 bits per heavy atom. The van der Waals surface area contributed by atoms with Crippen LogP contribution in [0, 0.1) is 0 Å². The zero-order valence-electron chi connectivity index (χ0n) is 14.3. The monoisotopic (exact) mass is 311 g/mol. The molecule has 0 unspecified atom stereocenters. The van der Waals surface area contributed by atoms with Crippen LogP contribution in [-0.2, 0) is 4.79 Å². The van der Waals surface area contributed by atoms with Crippen molar-refractivity contribution >= 4 is 11.6 Å². The van der Waals surface area contributed by atoms with Crippen molar-refractivity contribution in [2.45, 2.75) is 39.2 Å². The lowest BCUT2D eigenvalue weighted by molar-refractivity contribution is -0.682. The van der Waals surface area contributed by atoms with E-state index in [1.807, 2.05) is 30.3 Å². The highest BCUT2D eigenvalue weighted by Gasteiger charge is 2.11. The van der Waals surface area contributed by atoms with Crippen LogP contribution in [0.2, 0.25) is 0 Å². The number of amides is 1. The first-order valence-electron chi connectivity index (χ1n) is 8.38. The molecule has 0 aliphatic carbocycles. The Balaban J connectivity index is 1.83. The number of nitrogens with two attached hydrogens (primary N) is 1. The van der Waals surface area contributed by atoms with Gasteiger partial charge in [-0.05, 0) is 37.0 Å². The van der Waals surface area contributed by atoms with Crippen LogP contribution in [0.5, 0.6) is 0 Å². The van der Waals surface area contributed by atoms with E-state index in [1.165, 1.54) is 11.1 Å². The molecule has 0 bridgehead atoms. The Hall–Kier alpha value is -2.13. The molecule has 0 aliphatic rings. The third-order valence-corrected chi connectivity index (χ3v) is 4.36. The first kappa shape index (κ1) is 17.2. The average Bonchev–Trinajstić information content (AvgIpc) is 2.60. The van der Waals surface area contributed by atoms with Crippen molar-refractivity contribution in [1.82, 2.24) is 0 Å². The molecule has 0 fully saturated rings. The summed E-state index contributed by atoms with van der Waals surface area (Å²) in [6.45, 7) is 6.93. The molecule has 0 spiro atoms. The molecular formula is C20H27N2O+. The van der Waals surface area contributed by atoms with E-state index in [9.17, 15) is 4.79 Å². The van der Waals surface area contributed by atoms with Gasteiger partial charge in [0.15, 0.2) is 6.54 Å². The zero-order chi connectivity index (χ0) is 16.7. The number of nitrogens with one attached hydrogen (secondary N) is 1. The molecule has 0 aliphatic heterocycles. The van der Waals surface area contributed by atoms with Crippen LogP contribution in [0.4, 0.5) is 5.69 Å². The molecule has 0 aromatic heterocycles. The molecule has 3 nitrogen and oxygen atoms in total. The van der Waals surface area contributed by atoms with Crippen LogP contribution in [0.15, 0.2) is 54.6 Å². The van der Waals surface area contributed by atoms with E-state index in [0.29, 0.717) is 12.5 Å². The number of anilines is 1. The Kier molecular flexibility index (Phi) is 6.36. The van der Waals surface area contributed by atoms with Crippen molar-refractivity contribution in [2.75, 3.05) is 11.9 Å². The molecule has 0 saturated carbocycles. The fourth-order valence-corrected chi connectivity index (χ4v) is 2.52. The Bertz CT molecular complexity index is 607. The molecule has 2 rings (SSSR count). The van der Waals surface area contributed by atoms with Gasteiger partial charge in [0.25, 0.3) is 5.91 Å². The predicted octanol–water partition coefficient (Wildman–Crippen LogP) is 3.46. The lowest BCUT2D eigenvalue weighted by Gasteiger charge is -2.12. The third-order valence-electron chi connectivity index (χ3n) is 4.36. The number of rotatable bonds is 7. The fourth-order valence-electron chi connectivity index (χ4n) is 2.52. The van der Waals surface area contributed by atoms with E-state index in [2.05, 4.69) is 55.7 Å². The van der Waals surface area contributed by atoms with Gasteiger partial charge in [0, 0.05) is 11.3 Å². The maximum absolute atomic E-state index is 12.1. The maximum Gasteiger partial charge on any atom is 0.279 e. The molecule has 2 aromatic carbocycles. The molecule has 122 valence electrons. The van der Waals surface area contributed by atoms with Gasteiger partial charge in [0.1, 0.15) is 6.04 Å². The summed E-state index contributed by atoms with van der Waals surface area (Å²) >= 11 is 0. The van der Waals surface area contributed by atoms with Crippen LogP contribution >= 0.6 is 0 Å². The highest BCUT2D eigenvalue weighted by Crippen LogP contribution is 2.20. The van der Waals surface area contributed by atoms with Crippen molar-refractivity contribution in [1.29, 1.82) is 0 Å². The van der Waals surface area contributed by atoms with Gasteiger partial charge in [0.2, 0.25) is 0 Å².